The number of anilines is 1. The molecule has 2 aromatic rings. The first-order valence-corrected chi connectivity index (χ1v) is 6.74. The number of hydrogen-bond donors (Lipinski definition) is 1. The van der Waals surface area contributed by atoms with Crippen LogP contribution in [0.5, 0.6) is 5.75 Å². The third-order valence-corrected chi connectivity index (χ3v) is 2.68. The van der Waals surface area contributed by atoms with Crippen molar-refractivity contribution in [3.8, 4) is 17.0 Å². The molecule has 0 saturated heterocycles. The molecule has 0 bridgehead atoms. The van der Waals surface area contributed by atoms with Gasteiger partial charge in [0.25, 0.3) is 0 Å². The largest absolute Gasteiger partial charge is 0.493 e. The Bertz CT molecular complexity index is 575. The molecule has 0 fully saturated rings. The minimum Gasteiger partial charge on any atom is -0.493 e. The van der Waals surface area contributed by atoms with E-state index in [9.17, 15) is 4.39 Å². The second kappa shape index (κ2) is 6.84. The lowest BCUT2D eigenvalue weighted by Gasteiger charge is -2.11. The van der Waals surface area contributed by atoms with Crippen molar-refractivity contribution in [2.24, 2.45) is 0 Å². The molecule has 20 heavy (non-hydrogen) atoms. The highest BCUT2D eigenvalue weighted by molar-refractivity contribution is 5.68. The Labute approximate surface area is 118 Å². The van der Waals surface area contributed by atoms with E-state index in [1.165, 1.54) is 6.20 Å². The zero-order valence-corrected chi connectivity index (χ0v) is 11.7. The second-order valence-corrected chi connectivity index (χ2v) is 4.27. The molecular weight excluding hydrogens is 257 g/mol. The minimum absolute atomic E-state index is 0.252. The molecule has 0 atom stereocenters. The summed E-state index contributed by atoms with van der Waals surface area (Å²) in [4.78, 5) is 8.13. The first-order chi connectivity index (χ1) is 9.76. The van der Waals surface area contributed by atoms with E-state index in [1.807, 2.05) is 32.0 Å². The summed E-state index contributed by atoms with van der Waals surface area (Å²) in [5.74, 6) is 0.586. The molecule has 0 spiro atoms. The number of nitrogens with one attached hydrogen (secondary N) is 1. The van der Waals surface area contributed by atoms with Gasteiger partial charge in [0.15, 0.2) is 5.82 Å². The maximum Gasteiger partial charge on any atom is 0.223 e. The molecule has 0 saturated carbocycles. The SMILES string of the molecule is CCCOc1ccccc1-c1nc(NCC)ncc1F. The zero-order chi connectivity index (χ0) is 14.4. The lowest BCUT2D eigenvalue weighted by molar-refractivity contribution is 0.318. The lowest BCUT2D eigenvalue weighted by atomic mass is 10.1. The summed E-state index contributed by atoms with van der Waals surface area (Å²) in [6.07, 6.45) is 2.07. The maximum atomic E-state index is 14.0. The highest BCUT2D eigenvalue weighted by Crippen LogP contribution is 2.30. The molecule has 1 aromatic carbocycles. The molecular formula is C15H18FN3O. The van der Waals surface area contributed by atoms with Crippen LogP contribution in [0, 0.1) is 5.82 Å². The van der Waals surface area contributed by atoms with Crippen LogP contribution in [0.25, 0.3) is 11.3 Å². The van der Waals surface area contributed by atoms with Gasteiger partial charge in [-0.1, -0.05) is 19.1 Å². The van der Waals surface area contributed by atoms with Gasteiger partial charge in [0.2, 0.25) is 5.95 Å². The topological polar surface area (TPSA) is 47.0 Å². The average Bonchev–Trinajstić information content (AvgIpc) is 2.48. The van der Waals surface area contributed by atoms with Gasteiger partial charge in [-0.25, -0.2) is 14.4 Å². The third kappa shape index (κ3) is 3.23. The number of rotatable bonds is 6. The van der Waals surface area contributed by atoms with Gasteiger partial charge in [0.1, 0.15) is 11.4 Å². The highest BCUT2D eigenvalue weighted by Gasteiger charge is 2.13. The van der Waals surface area contributed by atoms with Crippen LogP contribution < -0.4 is 10.1 Å². The Morgan fingerprint density at radius 1 is 1.25 bits per heavy atom. The van der Waals surface area contributed by atoms with Crippen LogP contribution in [0.4, 0.5) is 10.3 Å². The molecule has 106 valence electrons. The summed E-state index contributed by atoms with van der Waals surface area (Å²) < 4.78 is 19.6. The third-order valence-electron chi connectivity index (χ3n) is 2.68. The number of para-hydroxylation sites is 1. The number of ether oxygens (including phenoxy) is 1. The van der Waals surface area contributed by atoms with Crippen molar-refractivity contribution in [2.45, 2.75) is 20.3 Å². The van der Waals surface area contributed by atoms with Crippen LogP contribution in [0.3, 0.4) is 0 Å². The van der Waals surface area contributed by atoms with Gasteiger partial charge in [0, 0.05) is 12.1 Å². The zero-order valence-electron chi connectivity index (χ0n) is 11.7. The van der Waals surface area contributed by atoms with Crippen molar-refractivity contribution in [2.75, 3.05) is 18.5 Å². The Morgan fingerprint density at radius 2 is 2.05 bits per heavy atom. The van der Waals surface area contributed by atoms with Crippen molar-refractivity contribution >= 4 is 5.95 Å². The Morgan fingerprint density at radius 3 is 2.80 bits per heavy atom. The van der Waals surface area contributed by atoms with Crippen LogP contribution in [-0.2, 0) is 0 Å². The van der Waals surface area contributed by atoms with Gasteiger partial charge in [-0.15, -0.1) is 0 Å². The first kappa shape index (κ1) is 14.2. The average molecular weight is 275 g/mol. The van der Waals surface area contributed by atoms with Gasteiger partial charge in [-0.2, -0.15) is 0 Å². The van der Waals surface area contributed by atoms with E-state index in [-0.39, 0.29) is 5.69 Å². The van der Waals surface area contributed by atoms with Crippen molar-refractivity contribution in [1.82, 2.24) is 9.97 Å². The number of benzene rings is 1. The fourth-order valence-electron chi connectivity index (χ4n) is 1.80. The molecule has 4 nitrogen and oxygen atoms in total. The monoisotopic (exact) mass is 275 g/mol. The predicted octanol–water partition coefficient (Wildman–Crippen LogP) is 3.50. The van der Waals surface area contributed by atoms with Crippen molar-refractivity contribution in [3.63, 3.8) is 0 Å². The van der Waals surface area contributed by atoms with Crippen molar-refractivity contribution in [3.05, 3.63) is 36.3 Å². The minimum atomic E-state index is -0.459. The lowest BCUT2D eigenvalue weighted by Crippen LogP contribution is -2.05. The van der Waals surface area contributed by atoms with E-state index in [2.05, 4.69) is 15.3 Å². The summed E-state index contributed by atoms with van der Waals surface area (Å²) in [6, 6.07) is 7.31. The van der Waals surface area contributed by atoms with Crippen LogP contribution >= 0.6 is 0 Å². The highest BCUT2D eigenvalue weighted by atomic mass is 19.1. The van der Waals surface area contributed by atoms with Gasteiger partial charge in [0.05, 0.1) is 12.8 Å². The predicted molar refractivity (Wildman–Crippen MR) is 77.4 cm³/mol. The molecule has 0 aliphatic rings. The van der Waals surface area contributed by atoms with E-state index in [0.717, 1.165) is 6.42 Å². The van der Waals surface area contributed by atoms with Crippen LogP contribution in [0.2, 0.25) is 0 Å². The normalized spacial score (nSPS) is 10.3. The molecule has 1 heterocycles. The van der Waals surface area contributed by atoms with E-state index >= 15 is 0 Å². The van der Waals surface area contributed by atoms with Gasteiger partial charge >= 0.3 is 0 Å². The molecule has 0 aliphatic heterocycles. The fraction of sp³-hybridized carbons (Fsp3) is 0.333. The molecule has 2 rings (SSSR count). The Balaban J connectivity index is 2.42. The molecule has 1 aromatic heterocycles. The Hall–Kier alpha value is -2.17. The summed E-state index contributed by atoms with van der Waals surface area (Å²) in [6.45, 7) is 5.23. The summed E-state index contributed by atoms with van der Waals surface area (Å²) in [5.41, 5.74) is 0.891. The maximum absolute atomic E-state index is 14.0. The smallest absolute Gasteiger partial charge is 0.223 e. The fourth-order valence-corrected chi connectivity index (χ4v) is 1.80. The van der Waals surface area contributed by atoms with E-state index in [1.54, 1.807) is 6.07 Å². The summed E-state index contributed by atoms with van der Waals surface area (Å²) in [7, 11) is 0. The van der Waals surface area contributed by atoms with Gasteiger partial charge < -0.3 is 10.1 Å². The van der Waals surface area contributed by atoms with E-state index in [0.29, 0.717) is 30.4 Å². The number of hydrogen-bond acceptors (Lipinski definition) is 4. The van der Waals surface area contributed by atoms with Gasteiger partial charge in [-0.05, 0) is 25.5 Å². The second-order valence-electron chi connectivity index (χ2n) is 4.27. The summed E-state index contributed by atoms with van der Waals surface area (Å²) in [5, 5.41) is 2.98. The molecule has 1 N–H and O–H groups in total. The van der Waals surface area contributed by atoms with Crippen molar-refractivity contribution in [1.29, 1.82) is 0 Å². The summed E-state index contributed by atoms with van der Waals surface area (Å²) >= 11 is 0. The molecule has 0 radical (unpaired) electrons. The van der Waals surface area contributed by atoms with E-state index < -0.39 is 5.82 Å². The molecule has 5 heteroatoms. The molecule has 0 unspecified atom stereocenters. The van der Waals surface area contributed by atoms with E-state index in [4.69, 9.17) is 4.74 Å². The van der Waals surface area contributed by atoms with Gasteiger partial charge in [-0.3, -0.25) is 0 Å². The first-order valence-electron chi connectivity index (χ1n) is 6.74. The number of halogens is 1. The van der Waals surface area contributed by atoms with Crippen LogP contribution in [0.15, 0.2) is 30.5 Å². The van der Waals surface area contributed by atoms with Crippen LogP contribution in [-0.4, -0.2) is 23.1 Å². The molecule has 0 aliphatic carbocycles. The standard InChI is InChI=1S/C15H18FN3O/c1-3-9-20-13-8-6-5-7-11(13)14-12(16)10-18-15(19-14)17-4-2/h5-8,10H,3-4,9H2,1-2H3,(H,17,18,19). The van der Waals surface area contributed by atoms with Crippen LogP contribution in [0.1, 0.15) is 20.3 Å². The quantitative estimate of drug-likeness (QED) is 0.876. The number of aromatic nitrogens is 2. The number of nitrogens with zero attached hydrogens (tertiary/aromatic N) is 2. The molecule has 0 amide bonds. The van der Waals surface area contributed by atoms with Crippen molar-refractivity contribution < 1.29 is 9.13 Å². The Kier molecular flexibility index (Phi) is 4.87.